The molecule has 13 heteroatoms. The predicted octanol–water partition coefficient (Wildman–Crippen LogP) is 4.85. The number of carbonyl (C=O) groups excluding carboxylic acids is 1. The van der Waals surface area contributed by atoms with E-state index >= 15 is 0 Å². The maximum atomic E-state index is 13.3. The van der Waals surface area contributed by atoms with Gasteiger partial charge in [-0.25, -0.2) is 4.98 Å². The lowest BCUT2D eigenvalue weighted by Crippen LogP contribution is -2.18. The highest BCUT2D eigenvalue weighted by Crippen LogP contribution is 2.44. The number of rotatable bonds is 8. The van der Waals surface area contributed by atoms with E-state index in [1.54, 1.807) is 0 Å². The second kappa shape index (κ2) is 11.6. The van der Waals surface area contributed by atoms with E-state index in [9.17, 15) is 28.5 Å². The third-order valence-electron chi connectivity index (χ3n) is 5.22. The van der Waals surface area contributed by atoms with Gasteiger partial charge < -0.3 is 25.3 Å². The van der Waals surface area contributed by atoms with Crippen molar-refractivity contribution < 1.29 is 32.2 Å². The summed E-state index contributed by atoms with van der Waals surface area (Å²) >= 11 is 0.779. The molecule has 196 valence electrons. The first-order valence-corrected chi connectivity index (χ1v) is 11.6. The number of pyridine rings is 1. The van der Waals surface area contributed by atoms with E-state index in [4.69, 9.17) is 19.9 Å². The van der Waals surface area contributed by atoms with Crippen LogP contribution in [0.3, 0.4) is 0 Å². The summed E-state index contributed by atoms with van der Waals surface area (Å²) in [7, 11) is 4.21. The highest BCUT2D eigenvalue weighted by atomic mass is 32.2. The normalized spacial score (nSPS) is 10.7. The van der Waals surface area contributed by atoms with Crippen LogP contribution in [0, 0.1) is 22.7 Å². The first-order valence-electron chi connectivity index (χ1n) is 10.6. The van der Waals surface area contributed by atoms with E-state index in [-0.39, 0.29) is 44.8 Å². The first kappa shape index (κ1) is 28.0. The Labute approximate surface area is 219 Å². The summed E-state index contributed by atoms with van der Waals surface area (Å²) in [5.41, 5.74) is 4.89. The number of alkyl halides is 3. The van der Waals surface area contributed by atoms with Crippen molar-refractivity contribution in [2.45, 2.75) is 11.2 Å². The van der Waals surface area contributed by atoms with Crippen molar-refractivity contribution in [2.75, 3.05) is 38.1 Å². The van der Waals surface area contributed by atoms with E-state index in [1.165, 1.54) is 45.6 Å². The summed E-state index contributed by atoms with van der Waals surface area (Å²) in [6, 6.07) is 11.5. The third kappa shape index (κ3) is 5.68. The van der Waals surface area contributed by atoms with Gasteiger partial charge in [-0.2, -0.15) is 23.7 Å². The number of hydrogen-bond acceptors (Lipinski definition) is 9. The molecular weight excluding hydrogens is 523 g/mol. The summed E-state index contributed by atoms with van der Waals surface area (Å²) in [5, 5.41) is 22.0. The van der Waals surface area contributed by atoms with Crippen LogP contribution in [-0.2, 0) is 11.0 Å². The van der Waals surface area contributed by atoms with Crippen molar-refractivity contribution in [2.24, 2.45) is 0 Å². The lowest BCUT2D eigenvalue weighted by Gasteiger charge is -2.17. The van der Waals surface area contributed by atoms with Gasteiger partial charge in [0.1, 0.15) is 28.5 Å². The van der Waals surface area contributed by atoms with Gasteiger partial charge in [-0.05, 0) is 29.8 Å². The molecule has 0 bridgehead atoms. The zero-order valence-corrected chi connectivity index (χ0v) is 21.1. The lowest BCUT2D eigenvalue weighted by molar-refractivity contribution is -0.137. The number of para-hydroxylation sites is 1. The fraction of sp³-hybridized carbons (Fsp3) is 0.200. The highest BCUT2D eigenvalue weighted by molar-refractivity contribution is 8.00. The zero-order chi connectivity index (χ0) is 28.0. The molecule has 0 aliphatic rings. The molecule has 0 fully saturated rings. The molecule has 0 spiro atoms. The van der Waals surface area contributed by atoms with E-state index in [0.717, 1.165) is 23.9 Å². The Hall–Kier alpha value is -4.62. The number of halogens is 3. The number of nitrogens with zero attached hydrogens (tertiary/aromatic N) is 3. The topological polar surface area (TPSA) is 143 Å². The summed E-state index contributed by atoms with van der Waals surface area (Å²) in [5.74, 6) is -0.587. The molecule has 0 aliphatic carbocycles. The number of benzene rings is 2. The molecule has 3 N–H and O–H groups in total. The number of nitrogens with two attached hydrogens (primary N) is 1. The Bertz CT molecular complexity index is 1440. The Morgan fingerprint density at radius 3 is 2.18 bits per heavy atom. The number of carbonyl (C=O) groups is 1. The van der Waals surface area contributed by atoms with Gasteiger partial charge in [0.25, 0.3) is 0 Å². The van der Waals surface area contributed by atoms with Gasteiger partial charge in [-0.3, -0.25) is 4.79 Å². The maximum absolute atomic E-state index is 13.3. The number of amides is 1. The van der Waals surface area contributed by atoms with Crippen molar-refractivity contribution >= 4 is 29.2 Å². The second-order valence-corrected chi connectivity index (χ2v) is 8.41. The van der Waals surface area contributed by atoms with E-state index in [2.05, 4.69) is 10.3 Å². The molecule has 1 heterocycles. The van der Waals surface area contributed by atoms with Gasteiger partial charge in [0.05, 0.1) is 43.9 Å². The van der Waals surface area contributed by atoms with Crippen molar-refractivity contribution in [1.29, 1.82) is 10.5 Å². The van der Waals surface area contributed by atoms with Crippen molar-refractivity contribution in [1.82, 2.24) is 4.98 Å². The molecule has 0 saturated heterocycles. The minimum absolute atomic E-state index is 0.00649. The molecular formula is C25H20F3N5O4S. The summed E-state index contributed by atoms with van der Waals surface area (Å²) < 4.78 is 55.8. The quantitative estimate of drug-likeness (QED) is 0.381. The fourth-order valence-corrected chi connectivity index (χ4v) is 4.37. The third-order valence-corrected chi connectivity index (χ3v) is 6.19. The summed E-state index contributed by atoms with van der Waals surface area (Å²) in [6.07, 6.45) is -4.66. The van der Waals surface area contributed by atoms with Crippen LogP contribution in [0.5, 0.6) is 17.2 Å². The van der Waals surface area contributed by atoms with Gasteiger partial charge in [-0.15, -0.1) is 0 Å². The molecule has 0 atom stereocenters. The SMILES string of the molecule is COc1cc(-c2c(C#N)c(N)nc(SCC(=O)Nc3ccccc3C(F)(F)F)c2C#N)cc(OC)c1OC. The smallest absolute Gasteiger partial charge is 0.418 e. The van der Waals surface area contributed by atoms with Crippen LogP contribution in [-0.4, -0.2) is 38.0 Å². The number of nitrogens with one attached hydrogen (secondary N) is 1. The van der Waals surface area contributed by atoms with Gasteiger partial charge in [-0.1, -0.05) is 23.9 Å². The van der Waals surface area contributed by atoms with Crippen LogP contribution >= 0.6 is 11.8 Å². The van der Waals surface area contributed by atoms with Crippen molar-refractivity contribution in [3.63, 3.8) is 0 Å². The molecule has 2 aromatic carbocycles. The molecule has 3 rings (SSSR count). The molecule has 38 heavy (non-hydrogen) atoms. The fourth-order valence-electron chi connectivity index (χ4n) is 3.58. The number of anilines is 2. The first-order chi connectivity index (χ1) is 18.1. The minimum atomic E-state index is -4.66. The molecule has 9 nitrogen and oxygen atoms in total. The maximum Gasteiger partial charge on any atom is 0.418 e. The molecule has 0 radical (unpaired) electrons. The molecule has 0 saturated carbocycles. The van der Waals surface area contributed by atoms with Gasteiger partial charge >= 0.3 is 6.18 Å². The van der Waals surface area contributed by atoms with Crippen LogP contribution < -0.4 is 25.3 Å². The van der Waals surface area contributed by atoms with E-state index < -0.39 is 29.1 Å². The Morgan fingerprint density at radius 1 is 1.05 bits per heavy atom. The van der Waals surface area contributed by atoms with E-state index in [0.29, 0.717) is 5.56 Å². The summed E-state index contributed by atoms with van der Waals surface area (Å²) in [6.45, 7) is 0. The number of nitrogen functional groups attached to an aromatic ring is 1. The van der Waals surface area contributed by atoms with Gasteiger partial charge in [0.15, 0.2) is 11.5 Å². The van der Waals surface area contributed by atoms with Crippen LogP contribution in [0.2, 0.25) is 0 Å². The number of hydrogen-bond donors (Lipinski definition) is 2. The molecule has 1 aromatic heterocycles. The lowest BCUT2D eigenvalue weighted by atomic mass is 9.96. The molecule has 0 aliphatic heterocycles. The number of ether oxygens (including phenoxy) is 3. The highest BCUT2D eigenvalue weighted by Gasteiger charge is 2.33. The van der Waals surface area contributed by atoms with Gasteiger partial charge in [0.2, 0.25) is 11.7 Å². The second-order valence-electron chi connectivity index (χ2n) is 7.45. The van der Waals surface area contributed by atoms with Crippen LogP contribution in [0.4, 0.5) is 24.7 Å². The molecule has 3 aromatic rings. The van der Waals surface area contributed by atoms with Crippen LogP contribution in [0.1, 0.15) is 16.7 Å². The minimum Gasteiger partial charge on any atom is -0.493 e. The Kier molecular flexibility index (Phi) is 8.55. The summed E-state index contributed by atoms with van der Waals surface area (Å²) in [4.78, 5) is 16.6. The largest absolute Gasteiger partial charge is 0.493 e. The monoisotopic (exact) mass is 543 g/mol. The van der Waals surface area contributed by atoms with Gasteiger partial charge in [0, 0.05) is 5.56 Å². The average molecular weight is 544 g/mol. The van der Waals surface area contributed by atoms with Crippen LogP contribution in [0.15, 0.2) is 41.4 Å². The predicted molar refractivity (Wildman–Crippen MR) is 134 cm³/mol. The Morgan fingerprint density at radius 2 is 1.66 bits per heavy atom. The standard InChI is InChI=1S/C25H20F3N5O4S/c1-35-18-8-13(9-19(36-2)22(18)37-3)21-14(10-29)23(31)33-24(15(21)11-30)38-12-20(34)32-17-7-5-4-6-16(17)25(26,27)28/h4-9H,12H2,1-3H3,(H2,31,33)(H,32,34). The number of methoxy groups -OCH3 is 3. The molecule has 1 amide bonds. The molecule has 0 unspecified atom stereocenters. The number of thioether (sulfide) groups is 1. The van der Waals surface area contributed by atoms with Crippen molar-refractivity contribution in [3.8, 4) is 40.5 Å². The number of nitriles is 2. The number of aromatic nitrogens is 1. The average Bonchev–Trinajstić information content (AvgIpc) is 2.90. The zero-order valence-electron chi connectivity index (χ0n) is 20.3. The van der Waals surface area contributed by atoms with Crippen molar-refractivity contribution in [3.05, 3.63) is 53.1 Å². The Balaban J connectivity index is 2.03. The van der Waals surface area contributed by atoms with Crippen LogP contribution in [0.25, 0.3) is 11.1 Å². The van der Waals surface area contributed by atoms with E-state index in [1.807, 2.05) is 12.1 Å².